The quantitative estimate of drug-likeness (QED) is 0.702. The molecule has 0 bridgehead atoms. The number of amides is 1. The molecular weight excluding hydrogens is 356 g/mol. The van der Waals surface area contributed by atoms with Gasteiger partial charge < -0.3 is 15.0 Å². The van der Waals surface area contributed by atoms with Gasteiger partial charge in [-0.25, -0.2) is 0 Å². The average molecular weight is 380 g/mol. The Balaban J connectivity index is 1.31. The number of fused-ring (bicyclic) bond motifs is 1. The number of anilines is 1. The maximum absolute atomic E-state index is 12.6. The first-order valence-corrected chi connectivity index (χ1v) is 9.50. The van der Waals surface area contributed by atoms with Crippen LogP contribution in [-0.2, 0) is 22.7 Å². The van der Waals surface area contributed by atoms with Crippen molar-refractivity contribution < 1.29 is 9.53 Å². The third-order valence-electron chi connectivity index (χ3n) is 5.21. The van der Waals surface area contributed by atoms with Gasteiger partial charge in [-0.05, 0) is 36.1 Å². The SMILES string of the molecule is COCc1ccccc1CNC(=O)C1CCN(c2ccc3nncn3n2)CC1. The predicted octanol–water partition coefficient (Wildman–Crippen LogP) is 1.80. The molecule has 0 atom stereocenters. The Morgan fingerprint density at radius 1 is 1.18 bits per heavy atom. The van der Waals surface area contributed by atoms with E-state index in [1.807, 2.05) is 36.4 Å². The number of nitrogens with zero attached hydrogens (tertiary/aromatic N) is 5. The molecule has 1 amide bonds. The summed E-state index contributed by atoms with van der Waals surface area (Å²) in [4.78, 5) is 14.8. The van der Waals surface area contributed by atoms with Crippen molar-refractivity contribution >= 4 is 17.4 Å². The topological polar surface area (TPSA) is 84.6 Å². The molecule has 0 saturated carbocycles. The maximum Gasteiger partial charge on any atom is 0.223 e. The molecule has 28 heavy (non-hydrogen) atoms. The Bertz CT molecular complexity index is 949. The van der Waals surface area contributed by atoms with Gasteiger partial charge in [0.05, 0.1) is 6.61 Å². The van der Waals surface area contributed by atoms with Crippen LogP contribution in [0.2, 0.25) is 0 Å². The van der Waals surface area contributed by atoms with Crippen LogP contribution in [-0.4, -0.2) is 45.9 Å². The van der Waals surface area contributed by atoms with Gasteiger partial charge in [0.2, 0.25) is 5.91 Å². The van der Waals surface area contributed by atoms with Gasteiger partial charge in [-0.3, -0.25) is 4.79 Å². The fraction of sp³-hybridized carbons (Fsp3) is 0.400. The van der Waals surface area contributed by atoms with Crippen LogP contribution in [0.25, 0.3) is 5.65 Å². The first-order chi connectivity index (χ1) is 13.7. The number of nitrogens with one attached hydrogen (secondary N) is 1. The van der Waals surface area contributed by atoms with Crippen molar-refractivity contribution in [3.05, 3.63) is 53.9 Å². The molecule has 1 saturated heterocycles. The first kappa shape index (κ1) is 18.4. The van der Waals surface area contributed by atoms with Crippen LogP contribution in [0.1, 0.15) is 24.0 Å². The van der Waals surface area contributed by atoms with Gasteiger partial charge >= 0.3 is 0 Å². The second-order valence-corrected chi connectivity index (χ2v) is 7.01. The highest BCUT2D eigenvalue weighted by molar-refractivity contribution is 5.79. The van der Waals surface area contributed by atoms with Crippen LogP contribution in [0.4, 0.5) is 5.82 Å². The molecule has 1 aliphatic rings. The van der Waals surface area contributed by atoms with Gasteiger partial charge in [-0.2, -0.15) is 4.52 Å². The molecule has 8 heteroatoms. The summed E-state index contributed by atoms with van der Waals surface area (Å²) in [5.74, 6) is 1.04. The largest absolute Gasteiger partial charge is 0.380 e. The zero-order valence-electron chi connectivity index (χ0n) is 15.9. The molecule has 1 aromatic carbocycles. The Morgan fingerprint density at radius 2 is 1.96 bits per heavy atom. The van der Waals surface area contributed by atoms with E-state index in [0.29, 0.717) is 13.2 Å². The van der Waals surface area contributed by atoms with Crippen LogP contribution in [0.3, 0.4) is 0 Å². The third kappa shape index (κ3) is 3.96. The van der Waals surface area contributed by atoms with Crippen molar-refractivity contribution in [2.24, 2.45) is 5.92 Å². The summed E-state index contributed by atoms with van der Waals surface area (Å²) >= 11 is 0. The molecule has 8 nitrogen and oxygen atoms in total. The number of hydrogen-bond donors (Lipinski definition) is 1. The van der Waals surface area contributed by atoms with Gasteiger partial charge in [0.25, 0.3) is 0 Å². The van der Waals surface area contributed by atoms with Gasteiger partial charge in [0.1, 0.15) is 12.1 Å². The van der Waals surface area contributed by atoms with Crippen LogP contribution in [0.5, 0.6) is 0 Å². The summed E-state index contributed by atoms with van der Waals surface area (Å²) in [6.07, 6.45) is 3.22. The predicted molar refractivity (Wildman–Crippen MR) is 105 cm³/mol. The zero-order valence-corrected chi connectivity index (χ0v) is 15.9. The molecule has 1 aliphatic heterocycles. The molecule has 0 spiro atoms. The van der Waals surface area contributed by atoms with E-state index in [0.717, 1.165) is 48.5 Å². The Kier molecular flexibility index (Phi) is 5.48. The average Bonchev–Trinajstić information content (AvgIpc) is 3.21. The van der Waals surface area contributed by atoms with E-state index in [1.54, 1.807) is 18.0 Å². The van der Waals surface area contributed by atoms with E-state index in [4.69, 9.17) is 4.74 Å². The molecule has 4 rings (SSSR count). The van der Waals surface area contributed by atoms with E-state index in [2.05, 4.69) is 25.5 Å². The summed E-state index contributed by atoms with van der Waals surface area (Å²) in [6, 6.07) is 11.9. The third-order valence-corrected chi connectivity index (χ3v) is 5.21. The fourth-order valence-electron chi connectivity index (χ4n) is 3.61. The minimum Gasteiger partial charge on any atom is -0.380 e. The molecule has 0 radical (unpaired) electrons. The van der Waals surface area contributed by atoms with Crippen molar-refractivity contribution in [1.29, 1.82) is 0 Å². The van der Waals surface area contributed by atoms with E-state index in [9.17, 15) is 4.79 Å². The van der Waals surface area contributed by atoms with Crippen LogP contribution in [0, 0.1) is 5.92 Å². The van der Waals surface area contributed by atoms with Crippen molar-refractivity contribution in [3.63, 3.8) is 0 Å². The van der Waals surface area contributed by atoms with E-state index < -0.39 is 0 Å². The number of piperidine rings is 1. The van der Waals surface area contributed by atoms with Crippen LogP contribution in [0.15, 0.2) is 42.7 Å². The standard InChI is InChI=1S/C20H24N6O2/c1-28-13-17-5-3-2-4-16(17)12-21-20(27)15-8-10-25(11-9-15)19-7-6-18-23-22-14-26(18)24-19/h2-7,14-15H,8-13H2,1H3,(H,21,27). The van der Waals surface area contributed by atoms with E-state index in [1.165, 1.54) is 0 Å². The first-order valence-electron chi connectivity index (χ1n) is 9.50. The van der Waals surface area contributed by atoms with Crippen molar-refractivity contribution in [1.82, 2.24) is 25.1 Å². The molecule has 1 fully saturated rings. The second-order valence-electron chi connectivity index (χ2n) is 7.01. The summed E-state index contributed by atoms with van der Waals surface area (Å²) in [5.41, 5.74) is 2.93. The molecule has 0 unspecified atom stereocenters. The van der Waals surface area contributed by atoms with E-state index in [-0.39, 0.29) is 11.8 Å². The summed E-state index contributed by atoms with van der Waals surface area (Å²) in [5, 5.41) is 15.5. The summed E-state index contributed by atoms with van der Waals surface area (Å²) in [6.45, 7) is 2.69. The van der Waals surface area contributed by atoms with Gasteiger partial charge in [0, 0.05) is 32.7 Å². The van der Waals surface area contributed by atoms with Crippen LogP contribution >= 0.6 is 0 Å². The number of aromatic nitrogens is 4. The van der Waals surface area contributed by atoms with Crippen LogP contribution < -0.4 is 10.2 Å². The van der Waals surface area contributed by atoms with Crippen molar-refractivity contribution in [3.8, 4) is 0 Å². The smallest absolute Gasteiger partial charge is 0.223 e. The molecule has 2 aromatic heterocycles. The molecule has 1 N–H and O–H groups in total. The minimum atomic E-state index is 0.0319. The highest BCUT2D eigenvalue weighted by Crippen LogP contribution is 2.22. The molecule has 0 aliphatic carbocycles. The monoisotopic (exact) mass is 380 g/mol. The second kappa shape index (κ2) is 8.35. The maximum atomic E-state index is 12.6. The molecule has 3 aromatic rings. The van der Waals surface area contributed by atoms with Crippen molar-refractivity contribution in [2.75, 3.05) is 25.1 Å². The lowest BCUT2D eigenvalue weighted by molar-refractivity contribution is -0.125. The highest BCUT2D eigenvalue weighted by Gasteiger charge is 2.25. The highest BCUT2D eigenvalue weighted by atomic mass is 16.5. The Morgan fingerprint density at radius 3 is 2.75 bits per heavy atom. The van der Waals surface area contributed by atoms with Gasteiger partial charge in [-0.15, -0.1) is 15.3 Å². The minimum absolute atomic E-state index is 0.0319. The number of carbonyl (C=O) groups is 1. The lowest BCUT2D eigenvalue weighted by Crippen LogP contribution is -2.40. The number of rotatable bonds is 6. The lowest BCUT2D eigenvalue weighted by atomic mass is 9.95. The number of hydrogen-bond acceptors (Lipinski definition) is 6. The normalized spacial score (nSPS) is 15.1. The van der Waals surface area contributed by atoms with Gasteiger partial charge in [-0.1, -0.05) is 24.3 Å². The molecule has 146 valence electrons. The summed E-state index contributed by atoms with van der Waals surface area (Å²) in [7, 11) is 1.68. The number of benzene rings is 1. The van der Waals surface area contributed by atoms with E-state index >= 15 is 0 Å². The van der Waals surface area contributed by atoms with Gasteiger partial charge in [0.15, 0.2) is 5.65 Å². The fourth-order valence-corrected chi connectivity index (χ4v) is 3.61. The zero-order chi connectivity index (χ0) is 19.3. The molecular formula is C20H24N6O2. The number of methoxy groups -OCH3 is 1. The lowest BCUT2D eigenvalue weighted by Gasteiger charge is -2.32. The number of carbonyl (C=O) groups excluding carboxylic acids is 1. The van der Waals surface area contributed by atoms with Crippen molar-refractivity contribution in [2.45, 2.75) is 26.0 Å². The number of ether oxygens (including phenoxy) is 1. The Labute approximate surface area is 163 Å². The summed E-state index contributed by atoms with van der Waals surface area (Å²) < 4.78 is 6.91. The Hall–Kier alpha value is -3.00. The molecule has 3 heterocycles.